The Morgan fingerprint density at radius 1 is 1.12 bits per heavy atom. The highest BCUT2D eigenvalue weighted by atomic mass is 15.1. The van der Waals surface area contributed by atoms with Crippen molar-refractivity contribution in [2.45, 2.75) is 57.8 Å². The fraction of sp³-hybridized carbons (Fsp3) is 0.565. The maximum absolute atomic E-state index is 4.29. The Morgan fingerprint density at radius 2 is 1.84 bits per heavy atom. The average Bonchev–Trinajstić information content (AvgIpc) is 2.58. The van der Waals surface area contributed by atoms with Gasteiger partial charge in [0.2, 0.25) is 0 Å². The lowest BCUT2D eigenvalue weighted by molar-refractivity contribution is 0.255. The van der Waals surface area contributed by atoms with E-state index in [1.54, 1.807) is 0 Å². The van der Waals surface area contributed by atoms with Crippen LogP contribution < -0.4 is 5.32 Å². The fourth-order valence-corrected chi connectivity index (χ4v) is 4.33. The normalized spacial score (nSPS) is 19.5. The number of aryl methyl sites for hydroxylation is 2. The van der Waals surface area contributed by atoms with E-state index in [0.29, 0.717) is 0 Å². The van der Waals surface area contributed by atoms with Crippen LogP contribution in [0.4, 0.5) is 0 Å². The molecule has 2 aliphatic rings. The number of piperidine rings is 1. The topological polar surface area (TPSA) is 15.3 Å². The third-order valence-electron chi connectivity index (χ3n) is 6.15. The van der Waals surface area contributed by atoms with Crippen LogP contribution in [0.2, 0.25) is 0 Å². The van der Waals surface area contributed by atoms with Crippen LogP contribution in [-0.2, 0) is 5.41 Å². The van der Waals surface area contributed by atoms with Crippen LogP contribution in [0, 0.1) is 25.7 Å². The zero-order chi connectivity index (χ0) is 17.9. The van der Waals surface area contributed by atoms with Crippen molar-refractivity contribution in [1.29, 1.82) is 0 Å². The van der Waals surface area contributed by atoms with Crippen molar-refractivity contribution in [3.8, 4) is 11.8 Å². The van der Waals surface area contributed by atoms with Crippen LogP contribution in [-0.4, -0.2) is 31.6 Å². The molecule has 1 saturated heterocycles. The molecule has 1 aromatic rings. The van der Waals surface area contributed by atoms with Gasteiger partial charge < -0.3 is 5.32 Å². The molecule has 1 saturated carbocycles. The van der Waals surface area contributed by atoms with Gasteiger partial charge in [0.25, 0.3) is 0 Å². The minimum atomic E-state index is 0.128. The van der Waals surface area contributed by atoms with Crippen molar-refractivity contribution in [2.24, 2.45) is 0 Å². The number of likely N-dealkylation sites (tertiary alicyclic amines) is 1. The van der Waals surface area contributed by atoms with Gasteiger partial charge in [0.1, 0.15) is 0 Å². The summed E-state index contributed by atoms with van der Waals surface area (Å²) in [6, 6.07) is 4.65. The maximum atomic E-state index is 4.29. The summed E-state index contributed by atoms with van der Waals surface area (Å²) in [6.45, 7) is 12.0. The number of allylic oxidation sites excluding steroid dienone is 1. The number of hydrogen-bond acceptors (Lipinski definition) is 2. The molecule has 1 aliphatic heterocycles. The predicted molar refractivity (Wildman–Crippen MR) is 107 cm³/mol. The summed E-state index contributed by atoms with van der Waals surface area (Å²) in [7, 11) is 1.99. The second kappa shape index (κ2) is 7.67. The average molecular weight is 337 g/mol. The third-order valence-corrected chi connectivity index (χ3v) is 6.15. The minimum Gasteiger partial charge on any atom is -0.391 e. The second-order valence-electron chi connectivity index (χ2n) is 7.78. The Bertz CT molecular complexity index is 695. The first-order valence-corrected chi connectivity index (χ1v) is 9.77. The summed E-state index contributed by atoms with van der Waals surface area (Å²) in [4.78, 5) is 2.48. The summed E-state index contributed by atoms with van der Waals surface area (Å²) >= 11 is 0. The van der Waals surface area contributed by atoms with Crippen LogP contribution in [0.25, 0.3) is 0 Å². The third kappa shape index (κ3) is 3.62. The van der Waals surface area contributed by atoms with E-state index in [9.17, 15) is 0 Å². The minimum absolute atomic E-state index is 0.128. The number of likely N-dealkylation sites (N-methyl/N-ethyl adjacent to an activating group) is 1. The van der Waals surface area contributed by atoms with E-state index in [-0.39, 0.29) is 5.41 Å². The molecular weight excluding hydrogens is 304 g/mol. The van der Waals surface area contributed by atoms with Crippen LogP contribution in [0.5, 0.6) is 0 Å². The molecule has 2 heteroatoms. The molecule has 134 valence electrons. The van der Waals surface area contributed by atoms with Gasteiger partial charge in [0.05, 0.1) is 6.54 Å². The van der Waals surface area contributed by atoms with Crippen LogP contribution in [0.1, 0.15) is 60.8 Å². The Balaban J connectivity index is 1.80. The monoisotopic (exact) mass is 336 g/mol. The Kier molecular flexibility index (Phi) is 5.54. The first kappa shape index (κ1) is 18.1. The maximum Gasteiger partial charge on any atom is 0.0605 e. The molecule has 0 aromatic heterocycles. The van der Waals surface area contributed by atoms with Crippen molar-refractivity contribution in [1.82, 2.24) is 10.2 Å². The molecule has 0 bridgehead atoms. The SMILES string of the molecule is C=C(NC)C1(c2cc(C)c(C#CCN3CCCCC3)cc2C)CCC1. The molecule has 2 nitrogen and oxygen atoms in total. The summed E-state index contributed by atoms with van der Waals surface area (Å²) in [5, 5.41) is 3.31. The lowest BCUT2D eigenvalue weighted by atomic mass is 9.61. The van der Waals surface area contributed by atoms with Gasteiger partial charge in [-0.05, 0) is 75.4 Å². The van der Waals surface area contributed by atoms with Crippen molar-refractivity contribution < 1.29 is 0 Å². The van der Waals surface area contributed by atoms with Gasteiger partial charge in [-0.1, -0.05) is 37.3 Å². The van der Waals surface area contributed by atoms with E-state index in [4.69, 9.17) is 0 Å². The van der Waals surface area contributed by atoms with E-state index in [1.165, 1.54) is 73.9 Å². The number of hydrogen-bond donors (Lipinski definition) is 1. The van der Waals surface area contributed by atoms with Crippen molar-refractivity contribution in [2.75, 3.05) is 26.7 Å². The van der Waals surface area contributed by atoms with Gasteiger partial charge in [0.15, 0.2) is 0 Å². The van der Waals surface area contributed by atoms with Gasteiger partial charge >= 0.3 is 0 Å². The number of benzene rings is 1. The highest BCUT2D eigenvalue weighted by Gasteiger charge is 2.42. The number of rotatable bonds is 4. The lowest BCUT2D eigenvalue weighted by Crippen LogP contribution is -2.41. The van der Waals surface area contributed by atoms with E-state index < -0.39 is 0 Å². The van der Waals surface area contributed by atoms with E-state index in [1.807, 2.05) is 7.05 Å². The van der Waals surface area contributed by atoms with Crippen LogP contribution in [0.3, 0.4) is 0 Å². The number of nitrogens with one attached hydrogen (secondary N) is 1. The van der Waals surface area contributed by atoms with E-state index in [2.05, 4.69) is 54.6 Å². The molecule has 0 atom stereocenters. The molecule has 1 N–H and O–H groups in total. The fourth-order valence-electron chi connectivity index (χ4n) is 4.33. The summed E-state index contributed by atoms with van der Waals surface area (Å²) in [5.74, 6) is 6.83. The molecule has 1 aliphatic carbocycles. The van der Waals surface area contributed by atoms with E-state index in [0.717, 1.165) is 12.2 Å². The zero-order valence-corrected chi connectivity index (χ0v) is 16.2. The van der Waals surface area contributed by atoms with Crippen molar-refractivity contribution in [3.63, 3.8) is 0 Å². The summed E-state index contributed by atoms with van der Waals surface area (Å²) in [6.07, 6.45) is 7.72. The molecule has 1 heterocycles. The molecule has 3 rings (SSSR count). The van der Waals surface area contributed by atoms with Gasteiger partial charge in [-0.25, -0.2) is 0 Å². The van der Waals surface area contributed by atoms with Gasteiger partial charge in [-0.2, -0.15) is 0 Å². The Morgan fingerprint density at radius 3 is 2.44 bits per heavy atom. The quantitative estimate of drug-likeness (QED) is 0.825. The summed E-state index contributed by atoms with van der Waals surface area (Å²) in [5.41, 5.74) is 6.56. The molecule has 0 amide bonds. The molecule has 25 heavy (non-hydrogen) atoms. The zero-order valence-electron chi connectivity index (χ0n) is 16.2. The van der Waals surface area contributed by atoms with Crippen molar-refractivity contribution in [3.05, 3.63) is 46.7 Å². The first-order chi connectivity index (χ1) is 12.1. The van der Waals surface area contributed by atoms with Crippen LogP contribution in [0.15, 0.2) is 24.4 Å². The molecular formula is C23H32N2. The standard InChI is InChI=1S/C23H32N2/c1-18-17-22(23(11-9-12-23)20(3)24-4)19(2)16-21(18)10-8-15-25-13-6-5-7-14-25/h16-17,24H,3,5-7,9,11-15H2,1-2,4H3. The highest BCUT2D eigenvalue weighted by molar-refractivity contribution is 5.51. The first-order valence-electron chi connectivity index (χ1n) is 9.77. The van der Waals surface area contributed by atoms with Gasteiger partial charge in [-0.3, -0.25) is 4.90 Å². The molecule has 0 unspecified atom stereocenters. The number of nitrogens with zero attached hydrogens (tertiary/aromatic N) is 1. The lowest BCUT2D eigenvalue weighted by Gasteiger charge is -2.45. The smallest absolute Gasteiger partial charge is 0.0605 e. The van der Waals surface area contributed by atoms with Gasteiger partial charge in [0, 0.05) is 23.7 Å². The Hall–Kier alpha value is -1.72. The molecule has 0 radical (unpaired) electrons. The molecule has 0 spiro atoms. The van der Waals surface area contributed by atoms with E-state index >= 15 is 0 Å². The predicted octanol–water partition coefficient (Wildman–Crippen LogP) is 4.30. The highest BCUT2D eigenvalue weighted by Crippen LogP contribution is 2.49. The molecule has 1 aromatic carbocycles. The van der Waals surface area contributed by atoms with Gasteiger partial charge in [-0.15, -0.1) is 0 Å². The van der Waals surface area contributed by atoms with Crippen LogP contribution >= 0.6 is 0 Å². The molecule has 2 fully saturated rings. The van der Waals surface area contributed by atoms with Crippen molar-refractivity contribution >= 4 is 0 Å². The summed E-state index contributed by atoms with van der Waals surface area (Å²) < 4.78 is 0. The largest absolute Gasteiger partial charge is 0.391 e. The Labute approximate surface area is 153 Å². The second-order valence-corrected chi connectivity index (χ2v) is 7.78.